The second kappa shape index (κ2) is 13.2. The van der Waals surface area contributed by atoms with E-state index in [9.17, 15) is 15.2 Å². The average molecular weight is 503 g/mol. The van der Waals surface area contributed by atoms with E-state index in [0.29, 0.717) is 24.3 Å². The van der Waals surface area contributed by atoms with E-state index in [1.54, 1.807) is 17.8 Å². The molecule has 194 valence electrons. The minimum absolute atomic E-state index is 0.238. The lowest BCUT2D eigenvalue weighted by Crippen LogP contribution is -2.49. The Kier molecular flexibility index (Phi) is 9.46. The van der Waals surface area contributed by atoms with Crippen LogP contribution in [0.1, 0.15) is 72.3 Å². The number of aliphatic hydroxyl groups is 1. The lowest BCUT2D eigenvalue weighted by atomic mass is 9.89. The highest BCUT2D eigenvalue weighted by Gasteiger charge is 2.37. The van der Waals surface area contributed by atoms with Gasteiger partial charge in [-0.25, -0.2) is 5.48 Å². The third-order valence-electron chi connectivity index (χ3n) is 6.88. The van der Waals surface area contributed by atoms with Crippen LogP contribution in [-0.2, 0) is 11.3 Å². The maximum Gasteiger partial charge on any atom is 0.243 e. The van der Waals surface area contributed by atoms with Crippen molar-refractivity contribution in [3.05, 3.63) is 94.9 Å². The molecule has 8 nitrogen and oxygen atoms in total. The Bertz CT molecular complexity index is 1190. The third-order valence-corrected chi connectivity index (χ3v) is 6.88. The van der Waals surface area contributed by atoms with Gasteiger partial charge in [0.15, 0.2) is 0 Å². The summed E-state index contributed by atoms with van der Waals surface area (Å²) in [7, 11) is 0. The highest BCUT2D eigenvalue weighted by Crippen LogP contribution is 2.37. The normalized spacial score (nSPS) is 18.8. The molecular weight excluding hydrogens is 468 g/mol. The van der Waals surface area contributed by atoms with Gasteiger partial charge in [0.05, 0.1) is 36.1 Å². The summed E-state index contributed by atoms with van der Waals surface area (Å²) < 4.78 is 5.78. The van der Waals surface area contributed by atoms with Crippen molar-refractivity contribution in [2.24, 2.45) is 0 Å². The number of unbranched alkanes of at least 4 members (excludes halogenated alkanes) is 3. The molecule has 1 aromatic heterocycles. The van der Waals surface area contributed by atoms with Gasteiger partial charge in [-0.05, 0) is 48.7 Å². The summed E-state index contributed by atoms with van der Waals surface area (Å²) in [5.74, 6) is 0.330. The van der Waals surface area contributed by atoms with Crippen molar-refractivity contribution in [3.63, 3.8) is 0 Å². The van der Waals surface area contributed by atoms with Crippen molar-refractivity contribution in [1.29, 1.82) is 5.26 Å². The zero-order valence-corrected chi connectivity index (χ0v) is 20.8. The van der Waals surface area contributed by atoms with Gasteiger partial charge in [0.25, 0.3) is 0 Å². The molecule has 0 spiro atoms. The molecule has 3 atom stereocenters. The van der Waals surface area contributed by atoms with Crippen LogP contribution in [-0.4, -0.2) is 40.3 Å². The minimum atomic E-state index is -0.723. The van der Waals surface area contributed by atoms with Gasteiger partial charge in [0, 0.05) is 25.1 Å². The van der Waals surface area contributed by atoms with E-state index in [2.05, 4.69) is 28.4 Å². The first-order chi connectivity index (χ1) is 18.1. The summed E-state index contributed by atoms with van der Waals surface area (Å²) in [5.41, 5.74) is 5.16. The number of carbonyl (C=O) groups excluding carboxylic acids is 1. The molecule has 0 bridgehead atoms. The number of hydrogen-bond acceptors (Lipinski definition) is 7. The number of rotatable bonds is 12. The number of furan rings is 1. The molecule has 8 heteroatoms. The molecular formula is C29H34N4O4. The molecule has 0 saturated carbocycles. The van der Waals surface area contributed by atoms with Crippen LogP contribution in [0, 0.1) is 11.3 Å². The van der Waals surface area contributed by atoms with E-state index in [-0.39, 0.29) is 18.0 Å². The lowest BCUT2D eigenvalue weighted by Gasteiger charge is -2.37. The van der Waals surface area contributed by atoms with Crippen LogP contribution in [0.5, 0.6) is 0 Å². The number of nitrogens with one attached hydrogen (secondary N) is 2. The van der Waals surface area contributed by atoms with E-state index in [4.69, 9.17) is 9.62 Å². The molecule has 0 fully saturated rings. The Hall–Kier alpha value is -3.48. The fourth-order valence-corrected chi connectivity index (χ4v) is 4.98. The zero-order valence-electron chi connectivity index (χ0n) is 20.8. The van der Waals surface area contributed by atoms with Crippen LogP contribution in [0.4, 0.5) is 0 Å². The SMILES string of the molecule is N#Cc1cccc(C2NC(CN(CCCCCCC(=O)NO)Cc3ccccc3)C(O)c3ccoc32)c1. The quantitative estimate of drug-likeness (QED) is 0.166. The molecule has 37 heavy (non-hydrogen) atoms. The fraction of sp³-hybridized carbons (Fsp3) is 0.379. The number of nitrogens with zero attached hydrogens (tertiary/aromatic N) is 2. The minimum Gasteiger partial charge on any atom is -0.467 e. The molecule has 4 rings (SSSR count). The zero-order chi connectivity index (χ0) is 26.0. The van der Waals surface area contributed by atoms with E-state index < -0.39 is 6.10 Å². The van der Waals surface area contributed by atoms with E-state index in [1.165, 1.54) is 5.56 Å². The molecule has 3 aromatic rings. The maximum atomic E-state index is 11.2. The van der Waals surface area contributed by atoms with Crippen LogP contribution in [0.2, 0.25) is 0 Å². The van der Waals surface area contributed by atoms with Crippen LogP contribution in [0.15, 0.2) is 71.3 Å². The Morgan fingerprint density at radius 1 is 1.08 bits per heavy atom. The number of nitriles is 1. The number of carbonyl (C=O) groups is 1. The molecule has 4 N–H and O–H groups in total. The number of fused-ring (bicyclic) bond motifs is 1. The molecule has 1 aliphatic rings. The van der Waals surface area contributed by atoms with Crippen molar-refractivity contribution in [2.75, 3.05) is 13.1 Å². The van der Waals surface area contributed by atoms with Crippen molar-refractivity contribution in [1.82, 2.24) is 15.7 Å². The van der Waals surface area contributed by atoms with Gasteiger partial charge in [-0.15, -0.1) is 0 Å². The van der Waals surface area contributed by atoms with Crippen LogP contribution in [0.25, 0.3) is 0 Å². The topological polar surface area (TPSA) is 122 Å². The monoisotopic (exact) mass is 502 g/mol. The molecule has 1 aliphatic heterocycles. The van der Waals surface area contributed by atoms with Crippen LogP contribution >= 0.6 is 0 Å². The highest BCUT2D eigenvalue weighted by molar-refractivity contribution is 5.74. The highest BCUT2D eigenvalue weighted by atomic mass is 16.5. The van der Waals surface area contributed by atoms with E-state index >= 15 is 0 Å². The van der Waals surface area contributed by atoms with Gasteiger partial charge in [-0.3, -0.25) is 20.2 Å². The van der Waals surface area contributed by atoms with Crippen molar-refractivity contribution < 1.29 is 19.5 Å². The number of hydroxylamine groups is 1. The first kappa shape index (κ1) is 26.6. The summed E-state index contributed by atoms with van der Waals surface area (Å²) >= 11 is 0. The predicted molar refractivity (Wildman–Crippen MR) is 138 cm³/mol. The third kappa shape index (κ3) is 7.06. The first-order valence-electron chi connectivity index (χ1n) is 12.8. The maximum absolute atomic E-state index is 11.2. The smallest absolute Gasteiger partial charge is 0.243 e. The largest absolute Gasteiger partial charge is 0.467 e. The lowest BCUT2D eigenvalue weighted by molar-refractivity contribution is -0.129. The number of amides is 1. The molecule has 3 unspecified atom stereocenters. The summed E-state index contributed by atoms with van der Waals surface area (Å²) in [4.78, 5) is 13.6. The molecule has 0 saturated heterocycles. The first-order valence-corrected chi connectivity index (χ1v) is 12.8. The average Bonchev–Trinajstić information content (AvgIpc) is 3.43. The number of aliphatic hydroxyl groups excluding tert-OH is 1. The fourth-order valence-electron chi connectivity index (χ4n) is 4.98. The summed E-state index contributed by atoms with van der Waals surface area (Å²) in [6.07, 6.45) is 4.79. The van der Waals surface area contributed by atoms with Gasteiger partial charge in [0.2, 0.25) is 5.91 Å². The molecule has 0 radical (unpaired) electrons. The summed E-state index contributed by atoms with van der Waals surface area (Å²) in [5, 5.41) is 32.9. The molecule has 2 aromatic carbocycles. The number of hydrogen-bond donors (Lipinski definition) is 4. The van der Waals surface area contributed by atoms with Crippen molar-refractivity contribution >= 4 is 5.91 Å². The van der Waals surface area contributed by atoms with Gasteiger partial charge in [-0.1, -0.05) is 55.3 Å². The second-order valence-corrected chi connectivity index (χ2v) is 9.55. The molecule has 2 heterocycles. The Morgan fingerprint density at radius 3 is 2.68 bits per heavy atom. The van der Waals surface area contributed by atoms with Crippen molar-refractivity contribution in [2.45, 2.75) is 56.8 Å². The van der Waals surface area contributed by atoms with Gasteiger partial charge in [-0.2, -0.15) is 5.26 Å². The Morgan fingerprint density at radius 2 is 1.89 bits per heavy atom. The van der Waals surface area contributed by atoms with E-state index in [0.717, 1.165) is 49.9 Å². The molecule has 0 aliphatic carbocycles. The van der Waals surface area contributed by atoms with Gasteiger partial charge >= 0.3 is 0 Å². The van der Waals surface area contributed by atoms with Crippen molar-refractivity contribution in [3.8, 4) is 6.07 Å². The van der Waals surface area contributed by atoms with Gasteiger partial charge in [0.1, 0.15) is 5.76 Å². The summed E-state index contributed by atoms with van der Waals surface area (Å²) in [6.45, 7) is 2.23. The Labute approximate surface area is 217 Å². The second-order valence-electron chi connectivity index (χ2n) is 9.55. The summed E-state index contributed by atoms with van der Waals surface area (Å²) in [6, 6.07) is 21.3. The van der Waals surface area contributed by atoms with E-state index in [1.807, 2.05) is 42.5 Å². The Balaban J connectivity index is 1.46. The number of benzene rings is 2. The molecule has 1 amide bonds. The van der Waals surface area contributed by atoms with Crippen LogP contribution in [0.3, 0.4) is 0 Å². The van der Waals surface area contributed by atoms with Gasteiger partial charge < -0.3 is 9.52 Å². The standard InChI is InChI=1S/C29H34N4O4/c30-18-22-11-8-12-23(17-22)27-29-24(14-16-37-29)28(35)25(31-27)20-33(19-21-9-4-3-5-10-21)15-7-2-1-6-13-26(34)32-36/h3-5,8-12,14,16-17,25,27-28,31,35-36H,1-2,6-7,13,15,19-20H2,(H,32,34). The van der Waals surface area contributed by atoms with Crippen LogP contribution < -0.4 is 10.8 Å². The predicted octanol–water partition coefficient (Wildman–Crippen LogP) is 4.20.